The van der Waals surface area contributed by atoms with E-state index in [2.05, 4.69) is 40.4 Å². The lowest BCUT2D eigenvalue weighted by Gasteiger charge is -2.10. The molecule has 4 aromatic rings. The second-order valence-corrected chi connectivity index (χ2v) is 9.21. The molecular weight excluding hydrogens is 478 g/mol. The Hall–Kier alpha value is -3.44. The number of aromatic nitrogens is 1. The van der Waals surface area contributed by atoms with Crippen LogP contribution in [0, 0.1) is 13.8 Å². The van der Waals surface area contributed by atoms with Crippen LogP contribution in [-0.4, -0.2) is 22.7 Å². The van der Waals surface area contributed by atoms with Crippen molar-refractivity contribution >= 4 is 44.5 Å². The van der Waals surface area contributed by atoms with Crippen molar-refractivity contribution in [1.29, 1.82) is 0 Å². The summed E-state index contributed by atoms with van der Waals surface area (Å²) < 4.78 is 9.02. The Morgan fingerprint density at radius 3 is 2.33 bits per heavy atom. The van der Waals surface area contributed by atoms with E-state index in [1.165, 1.54) is 11.1 Å². The summed E-state index contributed by atoms with van der Waals surface area (Å²) in [5.41, 5.74) is 5.44. The molecule has 0 N–H and O–H groups in total. The Labute approximate surface area is 200 Å². The molecule has 0 saturated carbocycles. The molecule has 5 heteroatoms. The molecule has 1 aliphatic rings. The van der Waals surface area contributed by atoms with Gasteiger partial charge in [-0.15, -0.1) is 0 Å². The molecule has 0 saturated heterocycles. The highest BCUT2D eigenvalue weighted by molar-refractivity contribution is 9.10. The van der Waals surface area contributed by atoms with Crippen LogP contribution in [0.2, 0.25) is 0 Å². The molecule has 5 rings (SSSR count). The molecule has 0 atom stereocenters. The van der Waals surface area contributed by atoms with Crippen molar-refractivity contribution in [3.05, 3.63) is 105 Å². The second kappa shape index (κ2) is 8.49. The van der Waals surface area contributed by atoms with Gasteiger partial charge in [0.05, 0.1) is 12.1 Å². The van der Waals surface area contributed by atoms with E-state index < -0.39 is 0 Å². The quantitative estimate of drug-likeness (QED) is 0.230. The van der Waals surface area contributed by atoms with E-state index in [1.807, 2.05) is 36.5 Å². The van der Waals surface area contributed by atoms with E-state index in [-0.39, 0.29) is 17.1 Å². The number of hydrogen-bond donors (Lipinski definition) is 0. The van der Waals surface area contributed by atoms with Gasteiger partial charge in [0.2, 0.25) is 0 Å². The van der Waals surface area contributed by atoms with Crippen LogP contribution in [0.25, 0.3) is 17.0 Å². The van der Waals surface area contributed by atoms with Crippen LogP contribution in [0.15, 0.2) is 76.9 Å². The minimum atomic E-state index is -0.218. The lowest BCUT2D eigenvalue weighted by Crippen LogP contribution is -2.07. The zero-order chi connectivity index (χ0) is 23.1. The molecule has 0 spiro atoms. The zero-order valence-electron chi connectivity index (χ0n) is 18.4. The van der Waals surface area contributed by atoms with E-state index >= 15 is 0 Å². The average Bonchev–Trinajstić information content (AvgIpc) is 3.26. The first-order valence-corrected chi connectivity index (χ1v) is 11.6. The Bertz CT molecular complexity index is 1420. The molecule has 1 aromatic heterocycles. The van der Waals surface area contributed by atoms with Crippen molar-refractivity contribution in [3.63, 3.8) is 0 Å². The second-order valence-electron chi connectivity index (χ2n) is 8.30. The maximum absolute atomic E-state index is 12.9. The van der Waals surface area contributed by atoms with Gasteiger partial charge in [0.15, 0.2) is 11.6 Å². The average molecular weight is 500 g/mol. The minimum absolute atomic E-state index is 0.210. The van der Waals surface area contributed by atoms with Crippen LogP contribution in [0.3, 0.4) is 0 Å². The number of carbonyl (C=O) groups excluding carboxylic acids is 2. The Balaban J connectivity index is 1.46. The van der Waals surface area contributed by atoms with E-state index in [0.29, 0.717) is 24.3 Å². The number of ketones is 2. The fourth-order valence-corrected chi connectivity index (χ4v) is 4.58. The van der Waals surface area contributed by atoms with Crippen LogP contribution in [-0.2, 0) is 6.54 Å². The number of carbonyl (C=O) groups is 2. The molecule has 0 aliphatic heterocycles. The topological polar surface area (TPSA) is 48.3 Å². The number of aryl methyl sites for hydroxylation is 2. The number of hydrogen-bond acceptors (Lipinski definition) is 3. The maximum atomic E-state index is 12.9. The normalized spacial score (nSPS) is 13.0. The summed E-state index contributed by atoms with van der Waals surface area (Å²) in [4.78, 5) is 25.8. The fraction of sp³-hybridized carbons (Fsp3) is 0.143. The fourth-order valence-electron chi connectivity index (χ4n) is 4.22. The Morgan fingerprint density at radius 1 is 0.909 bits per heavy atom. The molecule has 33 heavy (non-hydrogen) atoms. The largest absolute Gasteiger partial charge is 0.492 e. The number of fused-ring (bicyclic) bond motifs is 2. The molecule has 1 heterocycles. The van der Waals surface area contributed by atoms with Gasteiger partial charge in [0.25, 0.3) is 0 Å². The number of nitrogens with zero attached hydrogens (tertiary/aromatic N) is 1. The van der Waals surface area contributed by atoms with Crippen LogP contribution in [0.5, 0.6) is 5.75 Å². The third-order valence-corrected chi connectivity index (χ3v) is 6.65. The summed E-state index contributed by atoms with van der Waals surface area (Å²) in [6, 6.07) is 19.1. The first-order valence-electron chi connectivity index (χ1n) is 10.8. The van der Waals surface area contributed by atoms with E-state index in [1.54, 1.807) is 30.3 Å². The van der Waals surface area contributed by atoms with Crippen molar-refractivity contribution in [2.24, 2.45) is 0 Å². The smallest absolute Gasteiger partial charge is 0.197 e. The molecular formula is C28H22BrNO3. The summed E-state index contributed by atoms with van der Waals surface area (Å²) in [5, 5.41) is 0.972. The van der Waals surface area contributed by atoms with Crippen molar-refractivity contribution in [3.8, 4) is 5.75 Å². The predicted octanol–water partition coefficient (Wildman–Crippen LogP) is 6.56. The van der Waals surface area contributed by atoms with Crippen LogP contribution in [0.1, 0.15) is 37.4 Å². The Morgan fingerprint density at radius 2 is 1.64 bits per heavy atom. The van der Waals surface area contributed by atoms with E-state index in [0.717, 1.165) is 26.7 Å². The predicted molar refractivity (Wildman–Crippen MR) is 134 cm³/mol. The van der Waals surface area contributed by atoms with Gasteiger partial charge in [0, 0.05) is 38.3 Å². The van der Waals surface area contributed by atoms with Gasteiger partial charge in [-0.3, -0.25) is 9.59 Å². The molecule has 1 aliphatic carbocycles. The lowest BCUT2D eigenvalue weighted by atomic mass is 10.1. The number of allylic oxidation sites excluding steroid dienone is 1. The highest BCUT2D eigenvalue weighted by Gasteiger charge is 2.32. The third kappa shape index (κ3) is 3.93. The molecule has 3 aromatic carbocycles. The van der Waals surface area contributed by atoms with Gasteiger partial charge < -0.3 is 9.30 Å². The summed E-state index contributed by atoms with van der Waals surface area (Å²) >= 11 is 3.54. The van der Waals surface area contributed by atoms with Crippen molar-refractivity contribution in [2.45, 2.75) is 20.4 Å². The van der Waals surface area contributed by atoms with E-state index in [9.17, 15) is 9.59 Å². The summed E-state index contributed by atoms with van der Waals surface area (Å²) in [7, 11) is 0. The minimum Gasteiger partial charge on any atom is -0.492 e. The number of Topliss-reactive ketones (excluding diaryl/α,β-unsaturated/α-hetero) is 2. The van der Waals surface area contributed by atoms with Gasteiger partial charge in [-0.1, -0.05) is 46.3 Å². The monoisotopic (exact) mass is 499 g/mol. The zero-order valence-corrected chi connectivity index (χ0v) is 20.0. The molecule has 0 fully saturated rings. The third-order valence-electron chi connectivity index (χ3n) is 6.16. The van der Waals surface area contributed by atoms with Crippen LogP contribution in [0.4, 0.5) is 0 Å². The van der Waals surface area contributed by atoms with E-state index in [4.69, 9.17) is 4.74 Å². The number of rotatable bonds is 5. The number of halogens is 1. The molecule has 4 nitrogen and oxygen atoms in total. The summed E-state index contributed by atoms with van der Waals surface area (Å²) in [6.07, 6.45) is 3.71. The highest BCUT2D eigenvalue weighted by Crippen LogP contribution is 2.31. The maximum Gasteiger partial charge on any atom is 0.197 e. The van der Waals surface area contributed by atoms with Gasteiger partial charge in [-0.2, -0.15) is 0 Å². The van der Waals surface area contributed by atoms with Crippen LogP contribution >= 0.6 is 15.9 Å². The van der Waals surface area contributed by atoms with Gasteiger partial charge in [-0.25, -0.2) is 0 Å². The molecule has 164 valence electrons. The Kier molecular flexibility index (Phi) is 5.51. The molecule has 0 amide bonds. The van der Waals surface area contributed by atoms with Gasteiger partial charge in [-0.05, 0) is 61.4 Å². The summed E-state index contributed by atoms with van der Waals surface area (Å²) in [6.45, 7) is 5.29. The van der Waals surface area contributed by atoms with Gasteiger partial charge >= 0.3 is 0 Å². The van der Waals surface area contributed by atoms with Gasteiger partial charge in [0.1, 0.15) is 12.4 Å². The van der Waals surface area contributed by atoms with Crippen molar-refractivity contribution < 1.29 is 14.3 Å². The van der Waals surface area contributed by atoms with Crippen LogP contribution < -0.4 is 4.74 Å². The number of ether oxygens (including phenoxy) is 1. The lowest BCUT2D eigenvalue weighted by molar-refractivity contribution is 0.0990. The first-order chi connectivity index (χ1) is 15.9. The standard InChI is InChI=1S/C28H22BrNO3/c1-17-7-9-21(13-18(17)2)33-12-11-30-16-19(24-15-20(29)8-10-26(24)30)14-25-27(31)22-5-3-4-6-23(22)28(25)32/h3-10,13-16H,11-12H2,1-2H3. The first kappa shape index (κ1) is 21.4. The van der Waals surface area contributed by atoms with Crippen molar-refractivity contribution in [1.82, 2.24) is 4.57 Å². The highest BCUT2D eigenvalue weighted by atomic mass is 79.9. The molecule has 0 radical (unpaired) electrons. The SMILES string of the molecule is Cc1ccc(OCCn2cc(C=C3C(=O)c4ccccc4C3=O)c3cc(Br)ccc32)cc1C. The summed E-state index contributed by atoms with van der Waals surface area (Å²) in [5.74, 6) is 0.411. The molecule has 0 unspecified atom stereocenters. The van der Waals surface area contributed by atoms with Crippen molar-refractivity contribution in [2.75, 3.05) is 6.61 Å². The number of benzene rings is 3. The molecule has 0 bridgehead atoms.